The molecule has 1 unspecified atom stereocenters. The number of amides is 1. The summed E-state index contributed by atoms with van der Waals surface area (Å²) in [7, 11) is -2.27. The quantitative estimate of drug-likeness (QED) is 0.732. The molecule has 1 fully saturated rings. The predicted octanol–water partition coefficient (Wildman–Crippen LogP) is 4.25. The Morgan fingerprint density at radius 3 is 2.38 bits per heavy atom. The van der Waals surface area contributed by atoms with Crippen LogP contribution >= 0.6 is 0 Å². The first-order chi connectivity index (χ1) is 13.9. The Hall–Kier alpha value is -2.38. The van der Waals surface area contributed by atoms with Gasteiger partial charge in [-0.15, -0.1) is 0 Å². The molecule has 156 valence electrons. The topological polar surface area (TPSA) is 75.7 Å². The zero-order chi connectivity index (χ0) is 21.0. The minimum Gasteiger partial charge on any atom is -0.495 e. The van der Waals surface area contributed by atoms with Gasteiger partial charge in [0.2, 0.25) is 10.0 Å². The molecule has 2 aromatic rings. The van der Waals surface area contributed by atoms with Crippen LogP contribution in [0.1, 0.15) is 54.9 Å². The molecule has 1 atom stereocenters. The Morgan fingerprint density at radius 2 is 1.79 bits per heavy atom. The summed E-state index contributed by atoms with van der Waals surface area (Å²) in [5, 5.41) is 2.84. The fourth-order valence-corrected chi connectivity index (χ4v) is 5.12. The van der Waals surface area contributed by atoms with Crippen LogP contribution in [0.25, 0.3) is 0 Å². The fraction of sp³-hybridized carbons (Fsp3) is 0.409. The van der Waals surface area contributed by atoms with Gasteiger partial charge < -0.3 is 10.1 Å². The van der Waals surface area contributed by atoms with Gasteiger partial charge in [0.05, 0.1) is 7.11 Å². The maximum absolute atomic E-state index is 13.0. The van der Waals surface area contributed by atoms with E-state index in [4.69, 9.17) is 4.74 Å². The molecule has 0 spiro atoms. The van der Waals surface area contributed by atoms with Crippen molar-refractivity contribution in [2.75, 3.05) is 25.5 Å². The van der Waals surface area contributed by atoms with Crippen molar-refractivity contribution in [3.05, 3.63) is 53.6 Å². The number of methoxy groups -OCH3 is 1. The molecule has 7 heteroatoms. The van der Waals surface area contributed by atoms with Crippen molar-refractivity contribution in [1.82, 2.24) is 4.31 Å². The number of hydrogen-bond acceptors (Lipinski definition) is 4. The second kappa shape index (κ2) is 8.97. The molecule has 0 bridgehead atoms. The van der Waals surface area contributed by atoms with E-state index in [2.05, 4.69) is 19.2 Å². The highest BCUT2D eigenvalue weighted by atomic mass is 32.2. The number of carbonyl (C=O) groups excluding carboxylic acids is 1. The van der Waals surface area contributed by atoms with E-state index in [9.17, 15) is 13.2 Å². The number of rotatable bonds is 7. The normalized spacial score (nSPS) is 15.8. The van der Waals surface area contributed by atoms with Crippen molar-refractivity contribution in [1.29, 1.82) is 0 Å². The highest BCUT2D eigenvalue weighted by Gasteiger charge is 2.30. The van der Waals surface area contributed by atoms with E-state index in [1.165, 1.54) is 29.1 Å². The summed E-state index contributed by atoms with van der Waals surface area (Å²) in [6, 6.07) is 12.2. The van der Waals surface area contributed by atoms with Gasteiger partial charge in [0.25, 0.3) is 5.91 Å². The van der Waals surface area contributed by atoms with Crippen LogP contribution in [0.4, 0.5) is 5.69 Å². The number of hydrogen-bond donors (Lipinski definition) is 1. The lowest BCUT2D eigenvalue weighted by Gasteiger charge is -2.18. The zero-order valence-electron chi connectivity index (χ0n) is 17.1. The summed E-state index contributed by atoms with van der Waals surface area (Å²) in [4.78, 5) is 12.8. The molecule has 6 nitrogen and oxygen atoms in total. The standard InChI is InChI=1S/C22H28N2O4S/c1-4-16(2)17-7-10-19(11-8-17)23-22(25)18-9-12-20(28-3)21(15-18)29(26,27)24-13-5-6-14-24/h7-12,15-16H,4-6,13-14H2,1-3H3,(H,23,25). The van der Waals surface area contributed by atoms with Crippen LogP contribution in [0.15, 0.2) is 47.4 Å². The van der Waals surface area contributed by atoms with Crippen molar-refractivity contribution < 1.29 is 17.9 Å². The molecule has 29 heavy (non-hydrogen) atoms. The molecule has 1 heterocycles. The number of nitrogens with zero attached hydrogens (tertiary/aromatic N) is 1. The van der Waals surface area contributed by atoms with Crippen LogP contribution in [-0.2, 0) is 10.0 Å². The minimum atomic E-state index is -3.70. The fourth-order valence-electron chi connectivity index (χ4n) is 3.42. The van der Waals surface area contributed by atoms with Gasteiger partial charge >= 0.3 is 0 Å². The van der Waals surface area contributed by atoms with Crippen molar-refractivity contribution >= 4 is 21.6 Å². The maximum atomic E-state index is 13.0. The van der Waals surface area contributed by atoms with Crippen LogP contribution in [0.5, 0.6) is 5.75 Å². The number of nitrogens with one attached hydrogen (secondary N) is 1. The number of anilines is 1. The average molecular weight is 417 g/mol. The Bertz CT molecular complexity index is 965. The first-order valence-corrected chi connectivity index (χ1v) is 11.4. The van der Waals surface area contributed by atoms with Crippen LogP contribution in [0.3, 0.4) is 0 Å². The monoisotopic (exact) mass is 416 g/mol. The van der Waals surface area contributed by atoms with Gasteiger partial charge in [0, 0.05) is 24.3 Å². The molecule has 0 saturated carbocycles. The van der Waals surface area contributed by atoms with Crippen molar-refractivity contribution in [2.24, 2.45) is 0 Å². The van der Waals surface area contributed by atoms with Crippen LogP contribution in [0, 0.1) is 0 Å². The van der Waals surface area contributed by atoms with Crippen LogP contribution in [0.2, 0.25) is 0 Å². The van der Waals surface area contributed by atoms with Gasteiger partial charge in [-0.1, -0.05) is 26.0 Å². The molecule has 0 aromatic heterocycles. The highest BCUT2D eigenvalue weighted by molar-refractivity contribution is 7.89. The summed E-state index contributed by atoms with van der Waals surface area (Å²) in [5.41, 5.74) is 2.16. The summed E-state index contributed by atoms with van der Waals surface area (Å²) < 4.78 is 32.7. The lowest BCUT2D eigenvalue weighted by molar-refractivity contribution is 0.102. The molecule has 0 radical (unpaired) electrons. The third-order valence-corrected chi connectivity index (χ3v) is 7.38. The first-order valence-electron chi connectivity index (χ1n) is 9.96. The van der Waals surface area contributed by atoms with Gasteiger partial charge in [-0.3, -0.25) is 4.79 Å². The van der Waals surface area contributed by atoms with E-state index in [0.717, 1.165) is 19.3 Å². The zero-order valence-corrected chi connectivity index (χ0v) is 18.0. The molecular formula is C22H28N2O4S. The van der Waals surface area contributed by atoms with E-state index >= 15 is 0 Å². The molecular weight excluding hydrogens is 388 g/mol. The summed E-state index contributed by atoms with van der Waals surface area (Å²) in [6.45, 7) is 5.28. The molecule has 1 amide bonds. The average Bonchev–Trinajstić information content (AvgIpc) is 3.29. The van der Waals surface area contributed by atoms with Crippen molar-refractivity contribution in [2.45, 2.75) is 43.9 Å². The second-order valence-electron chi connectivity index (χ2n) is 7.36. The highest BCUT2D eigenvalue weighted by Crippen LogP contribution is 2.30. The molecule has 1 aliphatic rings. The van der Waals surface area contributed by atoms with Crippen molar-refractivity contribution in [3.63, 3.8) is 0 Å². The van der Waals surface area contributed by atoms with Gasteiger partial charge in [-0.2, -0.15) is 4.31 Å². The third kappa shape index (κ3) is 4.62. The minimum absolute atomic E-state index is 0.0293. The Balaban J connectivity index is 1.84. The number of ether oxygens (including phenoxy) is 1. The maximum Gasteiger partial charge on any atom is 0.255 e. The predicted molar refractivity (Wildman–Crippen MR) is 114 cm³/mol. The van der Waals surface area contributed by atoms with Crippen LogP contribution in [-0.4, -0.2) is 38.8 Å². The first kappa shape index (κ1) is 21.3. The molecule has 0 aliphatic carbocycles. The van der Waals surface area contributed by atoms with Crippen LogP contribution < -0.4 is 10.1 Å². The number of benzene rings is 2. The van der Waals surface area contributed by atoms with Gasteiger partial charge in [0.15, 0.2) is 0 Å². The Kier molecular flexibility index (Phi) is 6.59. The number of carbonyl (C=O) groups is 1. The van der Waals surface area contributed by atoms with E-state index < -0.39 is 10.0 Å². The summed E-state index contributed by atoms with van der Waals surface area (Å²) in [6.07, 6.45) is 2.73. The molecule has 1 aliphatic heterocycles. The summed E-state index contributed by atoms with van der Waals surface area (Å²) >= 11 is 0. The SMILES string of the molecule is CCC(C)c1ccc(NC(=O)c2ccc(OC)c(S(=O)(=O)N3CCCC3)c2)cc1. The van der Waals surface area contributed by atoms with Gasteiger partial charge in [-0.05, 0) is 61.1 Å². The Morgan fingerprint density at radius 1 is 1.14 bits per heavy atom. The molecule has 1 N–H and O–H groups in total. The van der Waals surface area contributed by atoms with Crippen molar-refractivity contribution in [3.8, 4) is 5.75 Å². The van der Waals surface area contributed by atoms with E-state index in [1.807, 2.05) is 24.3 Å². The van der Waals surface area contributed by atoms with E-state index in [1.54, 1.807) is 6.07 Å². The van der Waals surface area contributed by atoms with E-state index in [0.29, 0.717) is 24.7 Å². The van der Waals surface area contributed by atoms with Gasteiger partial charge in [0.1, 0.15) is 10.6 Å². The summed E-state index contributed by atoms with van der Waals surface area (Å²) in [5.74, 6) is 0.341. The smallest absolute Gasteiger partial charge is 0.255 e. The second-order valence-corrected chi connectivity index (χ2v) is 9.27. The third-order valence-electron chi connectivity index (χ3n) is 5.46. The Labute approximate surface area is 172 Å². The lowest BCUT2D eigenvalue weighted by Crippen LogP contribution is -2.28. The molecule has 1 saturated heterocycles. The molecule has 2 aromatic carbocycles. The lowest BCUT2D eigenvalue weighted by atomic mass is 9.98. The number of sulfonamides is 1. The largest absolute Gasteiger partial charge is 0.495 e. The molecule has 3 rings (SSSR count). The van der Waals surface area contributed by atoms with E-state index in [-0.39, 0.29) is 22.1 Å². The van der Waals surface area contributed by atoms with Gasteiger partial charge in [-0.25, -0.2) is 8.42 Å².